The van der Waals surface area contributed by atoms with Gasteiger partial charge in [0.2, 0.25) is 0 Å². The standard InChI is InChI=1S/C25H15F6NO4/c26-24(27,28)18-7-5-17(6-8-18)22-21(23(33)36-32-22)13-15-1-9-19(10-2-15)34-14-16-3-11-20(12-4-16)35-25(29,30)31/h1-13H,14H2/b21-13-. The number of oxime groups is 1. The molecule has 5 nitrogen and oxygen atoms in total. The normalized spacial score (nSPS) is 15.0. The van der Waals surface area contributed by atoms with Crippen LogP contribution >= 0.6 is 0 Å². The first-order valence-corrected chi connectivity index (χ1v) is 10.2. The summed E-state index contributed by atoms with van der Waals surface area (Å²) >= 11 is 0. The smallest absolute Gasteiger partial charge is 0.489 e. The summed E-state index contributed by atoms with van der Waals surface area (Å²) in [5.41, 5.74) is 0.818. The van der Waals surface area contributed by atoms with E-state index >= 15 is 0 Å². The van der Waals surface area contributed by atoms with Gasteiger partial charge < -0.3 is 14.3 Å². The van der Waals surface area contributed by atoms with Crippen LogP contribution in [-0.2, 0) is 22.4 Å². The van der Waals surface area contributed by atoms with Crippen LogP contribution in [0.25, 0.3) is 6.08 Å². The number of alkyl halides is 6. The highest BCUT2D eigenvalue weighted by atomic mass is 19.4. The fourth-order valence-corrected chi connectivity index (χ4v) is 3.22. The molecule has 0 amide bonds. The third-order valence-electron chi connectivity index (χ3n) is 4.93. The number of carbonyl (C=O) groups is 1. The molecule has 1 aliphatic heterocycles. The molecule has 3 aromatic carbocycles. The average molecular weight is 507 g/mol. The molecule has 1 aliphatic rings. The number of carbonyl (C=O) groups excluding carboxylic acids is 1. The molecule has 0 aromatic heterocycles. The summed E-state index contributed by atoms with van der Waals surface area (Å²) in [6.07, 6.45) is -7.78. The molecule has 0 saturated heterocycles. The Kier molecular flexibility index (Phi) is 6.73. The van der Waals surface area contributed by atoms with Crippen molar-refractivity contribution < 1.29 is 45.4 Å². The number of halogens is 6. The topological polar surface area (TPSA) is 57.1 Å². The van der Waals surface area contributed by atoms with E-state index in [4.69, 9.17) is 9.57 Å². The maximum atomic E-state index is 12.8. The summed E-state index contributed by atoms with van der Waals surface area (Å²) in [6.45, 7) is 0.0871. The Morgan fingerprint density at radius 3 is 2.00 bits per heavy atom. The lowest BCUT2D eigenvalue weighted by molar-refractivity contribution is -0.274. The van der Waals surface area contributed by atoms with E-state index in [2.05, 4.69) is 9.89 Å². The van der Waals surface area contributed by atoms with E-state index in [1.807, 2.05) is 0 Å². The van der Waals surface area contributed by atoms with Crippen molar-refractivity contribution >= 4 is 17.8 Å². The van der Waals surface area contributed by atoms with Crippen LogP contribution in [-0.4, -0.2) is 18.0 Å². The van der Waals surface area contributed by atoms with Crippen LogP contribution < -0.4 is 9.47 Å². The SMILES string of the molecule is O=C1ON=C(c2ccc(C(F)(F)F)cc2)/C1=C/c1ccc(OCc2ccc(OC(F)(F)F)cc2)cc1. The van der Waals surface area contributed by atoms with Gasteiger partial charge in [-0.05, 0) is 53.6 Å². The highest BCUT2D eigenvalue weighted by Gasteiger charge is 2.32. The van der Waals surface area contributed by atoms with Gasteiger partial charge in [-0.1, -0.05) is 41.6 Å². The predicted octanol–water partition coefficient (Wildman–Crippen LogP) is 6.53. The van der Waals surface area contributed by atoms with Gasteiger partial charge in [0.1, 0.15) is 23.8 Å². The Labute approximate surface area is 200 Å². The molecule has 3 aromatic rings. The Balaban J connectivity index is 1.42. The lowest BCUT2D eigenvalue weighted by Crippen LogP contribution is -2.17. The summed E-state index contributed by atoms with van der Waals surface area (Å²) in [4.78, 5) is 16.8. The Morgan fingerprint density at radius 1 is 0.806 bits per heavy atom. The molecule has 0 atom stereocenters. The first-order valence-electron chi connectivity index (χ1n) is 10.2. The zero-order valence-electron chi connectivity index (χ0n) is 18.1. The van der Waals surface area contributed by atoms with E-state index in [1.165, 1.54) is 42.5 Å². The molecule has 0 saturated carbocycles. The van der Waals surface area contributed by atoms with Crippen LogP contribution in [0.2, 0.25) is 0 Å². The summed E-state index contributed by atoms with van der Waals surface area (Å²) in [6, 6.07) is 15.9. The number of benzene rings is 3. The Hall–Kier alpha value is -4.28. The number of hydrogen-bond donors (Lipinski definition) is 0. The Bertz CT molecular complexity index is 1290. The zero-order chi connectivity index (χ0) is 25.9. The van der Waals surface area contributed by atoms with Crippen LogP contribution in [0.15, 0.2) is 83.5 Å². The van der Waals surface area contributed by atoms with Gasteiger partial charge in [-0.2, -0.15) is 13.2 Å². The molecule has 36 heavy (non-hydrogen) atoms. The van der Waals surface area contributed by atoms with Gasteiger partial charge in [-0.25, -0.2) is 4.79 Å². The summed E-state index contributed by atoms with van der Waals surface area (Å²) in [5.74, 6) is -0.630. The molecular weight excluding hydrogens is 492 g/mol. The third-order valence-corrected chi connectivity index (χ3v) is 4.93. The first-order chi connectivity index (χ1) is 17.0. The van der Waals surface area contributed by atoms with Crippen molar-refractivity contribution in [2.45, 2.75) is 19.1 Å². The van der Waals surface area contributed by atoms with Crippen LogP contribution in [0.1, 0.15) is 22.3 Å². The summed E-state index contributed by atoms with van der Waals surface area (Å²) in [5, 5.41) is 3.68. The molecule has 0 radical (unpaired) electrons. The minimum atomic E-state index is -4.77. The van der Waals surface area contributed by atoms with Crippen molar-refractivity contribution in [1.29, 1.82) is 0 Å². The lowest BCUT2D eigenvalue weighted by Gasteiger charge is -2.10. The largest absolute Gasteiger partial charge is 0.573 e. The van der Waals surface area contributed by atoms with Crippen LogP contribution in [0, 0.1) is 0 Å². The van der Waals surface area contributed by atoms with Crippen molar-refractivity contribution in [3.63, 3.8) is 0 Å². The minimum Gasteiger partial charge on any atom is -0.489 e. The molecule has 0 spiro atoms. The van der Waals surface area contributed by atoms with E-state index in [1.54, 1.807) is 24.3 Å². The van der Waals surface area contributed by atoms with Gasteiger partial charge in [-0.15, -0.1) is 13.2 Å². The van der Waals surface area contributed by atoms with Gasteiger partial charge in [0.25, 0.3) is 0 Å². The average Bonchev–Trinajstić information content (AvgIpc) is 3.18. The molecule has 0 aliphatic carbocycles. The van der Waals surface area contributed by atoms with Crippen LogP contribution in [0.5, 0.6) is 11.5 Å². The predicted molar refractivity (Wildman–Crippen MR) is 116 cm³/mol. The van der Waals surface area contributed by atoms with Gasteiger partial charge in [0, 0.05) is 5.56 Å². The second-order valence-electron chi connectivity index (χ2n) is 7.50. The van der Waals surface area contributed by atoms with Gasteiger partial charge in [0.15, 0.2) is 0 Å². The molecule has 186 valence electrons. The quantitative estimate of drug-likeness (QED) is 0.216. The van der Waals surface area contributed by atoms with Crippen LogP contribution in [0.4, 0.5) is 26.3 Å². The fraction of sp³-hybridized carbons (Fsp3) is 0.120. The maximum Gasteiger partial charge on any atom is 0.573 e. The molecular formula is C25H15F6NO4. The third kappa shape index (κ3) is 6.23. The van der Waals surface area contributed by atoms with Gasteiger partial charge >= 0.3 is 18.5 Å². The number of rotatable bonds is 6. The van der Waals surface area contributed by atoms with Crippen molar-refractivity contribution in [3.05, 3.63) is 101 Å². The van der Waals surface area contributed by atoms with E-state index in [-0.39, 0.29) is 29.2 Å². The van der Waals surface area contributed by atoms with Crippen molar-refractivity contribution in [3.8, 4) is 11.5 Å². The maximum absolute atomic E-state index is 12.8. The molecule has 1 heterocycles. The summed E-state index contributed by atoms with van der Waals surface area (Å²) in [7, 11) is 0. The van der Waals surface area contributed by atoms with Crippen molar-refractivity contribution in [2.75, 3.05) is 0 Å². The second kappa shape index (κ2) is 9.76. The number of nitrogens with zero attached hydrogens (tertiary/aromatic N) is 1. The minimum absolute atomic E-state index is 0.0737. The van der Waals surface area contributed by atoms with Gasteiger partial charge in [0.05, 0.1) is 11.1 Å². The van der Waals surface area contributed by atoms with E-state index in [0.29, 0.717) is 16.9 Å². The van der Waals surface area contributed by atoms with Crippen molar-refractivity contribution in [2.24, 2.45) is 5.16 Å². The molecule has 0 N–H and O–H groups in total. The zero-order valence-corrected chi connectivity index (χ0v) is 18.1. The first kappa shape index (κ1) is 24.8. The van der Waals surface area contributed by atoms with Crippen LogP contribution in [0.3, 0.4) is 0 Å². The highest BCUT2D eigenvalue weighted by Crippen LogP contribution is 2.30. The monoisotopic (exact) mass is 507 g/mol. The number of ether oxygens (including phenoxy) is 2. The van der Waals surface area contributed by atoms with E-state index in [0.717, 1.165) is 12.1 Å². The lowest BCUT2D eigenvalue weighted by atomic mass is 9.99. The van der Waals surface area contributed by atoms with E-state index in [9.17, 15) is 31.1 Å². The molecule has 11 heteroatoms. The summed E-state index contributed by atoms with van der Waals surface area (Å²) < 4.78 is 84.5. The van der Waals surface area contributed by atoms with Gasteiger partial charge in [-0.3, -0.25) is 0 Å². The highest BCUT2D eigenvalue weighted by molar-refractivity contribution is 6.31. The Morgan fingerprint density at radius 2 is 1.42 bits per heavy atom. The second-order valence-corrected chi connectivity index (χ2v) is 7.50. The van der Waals surface area contributed by atoms with E-state index < -0.39 is 24.1 Å². The molecule has 4 rings (SSSR count). The number of hydrogen-bond acceptors (Lipinski definition) is 5. The molecule has 0 unspecified atom stereocenters. The molecule has 0 fully saturated rings. The van der Waals surface area contributed by atoms with Crippen molar-refractivity contribution in [1.82, 2.24) is 0 Å². The molecule has 0 bridgehead atoms. The fourth-order valence-electron chi connectivity index (χ4n) is 3.22.